The standard InChI is InChI=1S/C29H31N2OS2/c1-6-12-21-13-10-11-16-25(21)31-26(22-17-19-23(32-5)20-18-22)27(30-29(2,3)4)34-28(31)33-24-14-8-7-9-15-24/h6-11,13-20,30H,1,12H2,2-5H3/q+1. The molecular weight excluding hydrogens is 456 g/mol. The topological polar surface area (TPSA) is 25.1 Å². The van der Waals surface area contributed by atoms with Crippen LogP contribution in [0.25, 0.3) is 16.9 Å². The zero-order valence-corrected chi connectivity index (χ0v) is 21.8. The lowest BCUT2D eigenvalue weighted by atomic mass is 10.1. The van der Waals surface area contributed by atoms with Gasteiger partial charge in [-0.15, -0.1) is 11.1 Å². The summed E-state index contributed by atoms with van der Waals surface area (Å²) in [7, 11) is 1.70. The molecule has 174 valence electrons. The van der Waals surface area contributed by atoms with E-state index in [1.807, 2.05) is 18.2 Å². The van der Waals surface area contributed by atoms with Gasteiger partial charge in [0.25, 0.3) is 5.69 Å². The molecule has 0 aliphatic rings. The lowest BCUT2D eigenvalue weighted by molar-refractivity contribution is -0.617. The van der Waals surface area contributed by atoms with E-state index in [0.29, 0.717) is 0 Å². The van der Waals surface area contributed by atoms with Crippen LogP contribution < -0.4 is 14.6 Å². The maximum Gasteiger partial charge on any atom is 0.310 e. The molecule has 3 nitrogen and oxygen atoms in total. The second-order valence-corrected chi connectivity index (χ2v) is 11.3. The van der Waals surface area contributed by atoms with Gasteiger partial charge in [-0.3, -0.25) is 0 Å². The van der Waals surface area contributed by atoms with Crippen molar-refractivity contribution in [1.82, 2.24) is 0 Å². The Hall–Kier alpha value is -3.02. The van der Waals surface area contributed by atoms with E-state index in [1.54, 1.807) is 30.2 Å². The molecule has 0 radical (unpaired) electrons. The van der Waals surface area contributed by atoms with Crippen molar-refractivity contribution >= 4 is 28.1 Å². The maximum atomic E-state index is 5.43. The van der Waals surface area contributed by atoms with E-state index in [-0.39, 0.29) is 5.54 Å². The van der Waals surface area contributed by atoms with E-state index in [2.05, 4.69) is 104 Å². The first-order chi connectivity index (χ1) is 16.4. The second-order valence-electron chi connectivity index (χ2n) is 9.02. The quantitative estimate of drug-likeness (QED) is 0.203. The molecule has 0 bridgehead atoms. The number of methoxy groups -OCH3 is 1. The third kappa shape index (κ3) is 5.54. The van der Waals surface area contributed by atoms with Gasteiger partial charge in [-0.25, -0.2) is 0 Å². The molecule has 0 amide bonds. The van der Waals surface area contributed by atoms with E-state index < -0.39 is 0 Å². The van der Waals surface area contributed by atoms with E-state index in [4.69, 9.17) is 4.74 Å². The Morgan fingerprint density at radius 3 is 2.29 bits per heavy atom. The minimum Gasteiger partial charge on any atom is -0.497 e. The molecule has 0 atom stereocenters. The summed E-state index contributed by atoms with van der Waals surface area (Å²) in [4.78, 5) is 1.21. The number of anilines is 1. The molecular formula is C29H31N2OS2+. The van der Waals surface area contributed by atoms with Crippen LogP contribution in [-0.2, 0) is 6.42 Å². The van der Waals surface area contributed by atoms with Gasteiger partial charge in [-0.05, 0) is 86.7 Å². The van der Waals surface area contributed by atoms with Crippen LogP contribution in [0.3, 0.4) is 0 Å². The Morgan fingerprint density at radius 2 is 1.65 bits per heavy atom. The van der Waals surface area contributed by atoms with Gasteiger partial charge in [0.05, 0.1) is 12.7 Å². The highest BCUT2D eigenvalue weighted by atomic mass is 32.2. The van der Waals surface area contributed by atoms with Crippen molar-refractivity contribution in [3.8, 4) is 22.7 Å². The lowest BCUT2D eigenvalue weighted by Crippen LogP contribution is -2.35. The van der Waals surface area contributed by atoms with Crippen LogP contribution in [0.15, 0.2) is 101 Å². The normalized spacial score (nSPS) is 11.3. The van der Waals surface area contributed by atoms with Crippen molar-refractivity contribution in [3.05, 3.63) is 97.1 Å². The number of thiazole rings is 1. The Kier molecular flexibility index (Phi) is 7.44. The molecule has 4 aromatic rings. The number of aromatic nitrogens is 1. The fourth-order valence-corrected chi connectivity index (χ4v) is 6.34. The summed E-state index contributed by atoms with van der Waals surface area (Å²) in [6.07, 6.45) is 2.77. The average Bonchev–Trinajstić information content (AvgIpc) is 3.16. The molecule has 5 heteroatoms. The SMILES string of the molecule is C=CCc1ccccc1-[n+]1c(Sc2ccccc2)sc(NC(C)(C)C)c1-c1ccc(OC)cc1. The summed E-state index contributed by atoms with van der Waals surface area (Å²) < 4.78 is 9.03. The second kappa shape index (κ2) is 10.5. The molecule has 1 aromatic heterocycles. The van der Waals surface area contributed by atoms with Crippen molar-refractivity contribution < 1.29 is 9.30 Å². The van der Waals surface area contributed by atoms with Crippen LogP contribution in [0.2, 0.25) is 0 Å². The molecule has 34 heavy (non-hydrogen) atoms. The predicted octanol–water partition coefficient (Wildman–Crippen LogP) is 7.79. The first-order valence-corrected chi connectivity index (χ1v) is 13.0. The first kappa shape index (κ1) is 24.1. The molecule has 0 unspecified atom stereocenters. The highest BCUT2D eigenvalue weighted by Crippen LogP contribution is 2.41. The fraction of sp³-hybridized carbons (Fsp3) is 0.207. The van der Waals surface area contributed by atoms with E-state index in [1.165, 1.54) is 20.5 Å². The van der Waals surface area contributed by atoms with Crippen LogP contribution in [-0.4, -0.2) is 12.6 Å². The Balaban J connectivity index is 2.00. The summed E-state index contributed by atoms with van der Waals surface area (Å²) >= 11 is 3.58. The number of para-hydroxylation sites is 1. The van der Waals surface area contributed by atoms with E-state index in [9.17, 15) is 0 Å². The highest BCUT2D eigenvalue weighted by Gasteiger charge is 2.33. The summed E-state index contributed by atoms with van der Waals surface area (Å²) in [6, 6.07) is 27.5. The van der Waals surface area contributed by atoms with Crippen LogP contribution >= 0.6 is 23.1 Å². The molecule has 0 spiro atoms. The van der Waals surface area contributed by atoms with Crippen molar-refractivity contribution in [2.75, 3.05) is 12.4 Å². The van der Waals surface area contributed by atoms with Crippen molar-refractivity contribution in [1.29, 1.82) is 0 Å². The number of hydrogen-bond donors (Lipinski definition) is 1. The Bertz CT molecular complexity index is 1260. The van der Waals surface area contributed by atoms with Crippen molar-refractivity contribution in [2.45, 2.75) is 42.0 Å². The molecule has 0 fully saturated rings. The highest BCUT2D eigenvalue weighted by molar-refractivity contribution is 8.01. The molecule has 0 saturated carbocycles. The van der Waals surface area contributed by atoms with E-state index >= 15 is 0 Å². The number of benzene rings is 3. The van der Waals surface area contributed by atoms with Gasteiger partial charge in [0, 0.05) is 22.1 Å². The number of rotatable bonds is 8. The molecule has 0 saturated heterocycles. The largest absolute Gasteiger partial charge is 0.497 e. The van der Waals surface area contributed by atoms with Gasteiger partial charge in [-0.2, -0.15) is 0 Å². The predicted molar refractivity (Wildman–Crippen MR) is 146 cm³/mol. The molecule has 3 aromatic carbocycles. The summed E-state index contributed by atoms with van der Waals surface area (Å²) in [5, 5.41) is 4.92. The maximum absolute atomic E-state index is 5.43. The van der Waals surface area contributed by atoms with Crippen LogP contribution in [0, 0.1) is 0 Å². The van der Waals surface area contributed by atoms with Crippen LogP contribution in [0.4, 0.5) is 5.00 Å². The van der Waals surface area contributed by atoms with Crippen molar-refractivity contribution in [3.63, 3.8) is 0 Å². The van der Waals surface area contributed by atoms with Gasteiger partial charge in [0.1, 0.15) is 5.75 Å². The molecule has 4 rings (SSSR count). The number of nitrogens with zero attached hydrogens (tertiary/aromatic N) is 1. The monoisotopic (exact) mass is 487 g/mol. The zero-order valence-electron chi connectivity index (χ0n) is 20.2. The minimum atomic E-state index is -0.0841. The zero-order chi connectivity index (χ0) is 24.1. The van der Waals surface area contributed by atoms with Gasteiger partial charge in [0.2, 0.25) is 5.69 Å². The van der Waals surface area contributed by atoms with Gasteiger partial charge >= 0.3 is 4.34 Å². The summed E-state index contributed by atoms with van der Waals surface area (Å²) in [6.45, 7) is 10.6. The first-order valence-electron chi connectivity index (χ1n) is 11.3. The van der Waals surface area contributed by atoms with E-state index in [0.717, 1.165) is 28.4 Å². The fourth-order valence-electron chi connectivity index (χ4n) is 3.74. The number of hydrogen-bond acceptors (Lipinski definition) is 4. The lowest BCUT2D eigenvalue weighted by Gasteiger charge is -2.20. The Labute approximate surface area is 211 Å². The van der Waals surface area contributed by atoms with Crippen LogP contribution in [0.5, 0.6) is 5.75 Å². The van der Waals surface area contributed by atoms with Crippen LogP contribution in [0.1, 0.15) is 26.3 Å². The molecule has 0 aliphatic carbocycles. The summed E-state index contributed by atoms with van der Waals surface area (Å²) in [5.74, 6) is 0.849. The summed E-state index contributed by atoms with van der Waals surface area (Å²) in [5.41, 5.74) is 4.62. The molecule has 0 aliphatic heterocycles. The Morgan fingerprint density at radius 1 is 0.971 bits per heavy atom. The third-order valence-electron chi connectivity index (χ3n) is 5.21. The average molecular weight is 488 g/mol. The van der Waals surface area contributed by atoms with Gasteiger partial charge in [0.15, 0.2) is 5.00 Å². The number of allylic oxidation sites excluding steroid dienone is 1. The third-order valence-corrected chi connectivity index (χ3v) is 7.43. The smallest absolute Gasteiger partial charge is 0.310 e. The van der Waals surface area contributed by atoms with Gasteiger partial charge < -0.3 is 10.1 Å². The van der Waals surface area contributed by atoms with Gasteiger partial charge in [-0.1, -0.05) is 42.5 Å². The number of nitrogens with one attached hydrogen (secondary N) is 1. The number of ether oxygens (including phenoxy) is 1. The minimum absolute atomic E-state index is 0.0841. The molecule has 1 heterocycles. The van der Waals surface area contributed by atoms with Crippen molar-refractivity contribution in [2.24, 2.45) is 0 Å². The molecule has 1 N–H and O–H groups in total.